The first-order chi connectivity index (χ1) is 5.81. The molecule has 2 heterocycles. The molecule has 0 aromatic carbocycles. The van der Waals surface area contributed by atoms with Crippen LogP contribution < -0.4 is 0 Å². The predicted octanol–water partition coefficient (Wildman–Crippen LogP) is 2.33. The summed E-state index contributed by atoms with van der Waals surface area (Å²) >= 11 is 0. The molecule has 0 aromatic rings. The Morgan fingerprint density at radius 2 is 2.00 bits per heavy atom. The van der Waals surface area contributed by atoms with Crippen LogP contribution in [0.25, 0.3) is 0 Å². The molecule has 0 aliphatic carbocycles. The molecule has 0 N–H and O–H groups in total. The molecule has 2 aliphatic rings. The monoisotopic (exact) mass is 170 g/mol. The molecule has 2 heteroatoms. The number of rotatable bonds is 0. The Morgan fingerprint density at radius 1 is 1.17 bits per heavy atom. The molecule has 12 heavy (non-hydrogen) atoms. The van der Waals surface area contributed by atoms with Crippen molar-refractivity contribution in [2.24, 2.45) is 5.92 Å². The summed E-state index contributed by atoms with van der Waals surface area (Å²) in [6.45, 7) is 4.08. The molecule has 0 aromatic heterocycles. The maximum atomic E-state index is 5.75. The standard InChI is InChI=1S/C10H18O2/c1-9-4-7-12-10(8-9)5-2-3-6-11-10/h9H,2-8H2,1H3/t9-,10-/m0/s1. The molecule has 70 valence electrons. The van der Waals surface area contributed by atoms with Crippen molar-refractivity contribution in [2.75, 3.05) is 13.2 Å². The summed E-state index contributed by atoms with van der Waals surface area (Å²) in [6.07, 6.45) is 5.89. The zero-order valence-electron chi connectivity index (χ0n) is 7.84. The van der Waals surface area contributed by atoms with Crippen LogP contribution in [0.4, 0.5) is 0 Å². The molecule has 2 rings (SSSR count). The minimum Gasteiger partial charge on any atom is -0.350 e. The summed E-state index contributed by atoms with van der Waals surface area (Å²) < 4.78 is 11.5. The Balaban J connectivity index is 1.97. The summed E-state index contributed by atoms with van der Waals surface area (Å²) in [4.78, 5) is 0. The Labute approximate surface area is 74.2 Å². The lowest BCUT2D eigenvalue weighted by molar-refractivity contribution is -0.280. The molecule has 0 saturated carbocycles. The second-order valence-corrected chi connectivity index (χ2v) is 4.16. The van der Waals surface area contributed by atoms with Gasteiger partial charge in [0, 0.05) is 12.8 Å². The van der Waals surface area contributed by atoms with E-state index in [1.165, 1.54) is 19.3 Å². The normalized spacial score (nSPS) is 43.2. The molecule has 0 unspecified atom stereocenters. The van der Waals surface area contributed by atoms with E-state index >= 15 is 0 Å². The van der Waals surface area contributed by atoms with Gasteiger partial charge in [-0.2, -0.15) is 0 Å². The van der Waals surface area contributed by atoms with Crippen LogP contribution in [0.2, 0.25) is 0 Å². The Kier molecular flexibility index (Phi) is 2.37. The molecule has 2 atom stereocenters. The minimum atomic E-state index is -0.171. The summed E-state index contributed by atoms with van der Waals surface area (Å²) in [5.74, 6) is 0.604. The Hall–Kier alpha value is -0.0800. The van der Waals surface area contributed by atoms with E-state index in [2.05, 4.69) is 6.92 Å². The molecular weight excluding hydrogens is 152 g/mol. The Bertz CT molecular complexity index is 144. The second-order valence-electron chi connectivity index (χ2n) is 4.16. The van der Waals surface area contributed by atoms with Crippen LogP contribution in [0, 0.1) is 5.92 Å². The quantitative estimate of drug-likeness (QED) is 0.555. The topological polar surface area (TPSA) is 18.5 Å². The van der Waals surface area contributed by atoms with Gasteiger partial charge >= 0.3 is 0 Å². The lowest BCUT2D eigenvalue weighted by Gasteiger charge is -2.42. The molecule has 1 spiro atoms. The summed E-state index contributed by atoms with van der Waals surface area (Å²) in [6, 6.07) is 0. The van der Waals surface area contributed by atoms with Crippen LogP contribution in [0.15, 0.2) is 0 Å². The third-order valence-corrected chi connectivity index (χ3v) is 2.95. The maximum Gasteiger partial charge on any atom is 0.168 e. The van der Waals surface area contributed by atoms with E-state index in [-0.39, 0.29) is 5.79 Å². The van der Waals surface area contributed by atoms with Crippen molar-refractivity contribution in [1.82, 2.24) is 0 Å². The first-order valence-corrected chi connectivity index (χ1v) is 5.09. The van der Waals surface area contributed by atoms with Crippen LogP contribution in [0.5, 0.6) is 0 Å². The van der Waals surface area contributed by atoms with E-state index in [9.17, 15) is 0 Å². The van der Waals surface area contributed by atoms with E-state index in [1.54, 1.807) is 0 Å². The average molecular weight is 170 g/mol. The fourth-order valence-electron chi connectivity index (χ4n) is 2.24. The van der Waals surface area contributed by atoms with Gasteiger partial charge in [0.2, 0.25) is 0 Å². The third kappa shape index (κ3) is 1.64. The van der Waals surface area contributed by atoms with Gasteiger partial charge in [-0.1, -0.05) is 6.92 Å². The van der Waals surface area contributed by atoms with Crippen LogP contribution >= 0.6 is 0 Å². The highest BCUT2D eigenvalue weighted by Crippen LogP contribution is 2.36. The summed E-state index contributed by atoms with van der Waals surface area (Å²) in [5.41, 5.74) is 0. The molecule has 2 aliphatic heterocycles. The van der Waals surface area contributed by atoms with Crippen molar-refractivity contribution < 1.29 is 9.47 Å². The van der Waals surface area contributed by atoms with Crippen LogP contribution in [0.3, 0.4) is 0 Å². The lowest BCUT2D eigenvalue weighted by atomic mass is 9.90. The zero-order valence-corrected chi connectivity index (χ0v) is 7.84. The second kappa shape index (κ2) is 3.35. The highest BCUT2D eigenvalue weighted by Gasteiger charge is 2.38. The van der Waals surface area contributed by atoms with E-state index in [0.717, 1.165) is 32.0 Å². The van der Waals surface area contributed by atoms with Crippen LogP contribution in [-0.4, -0.2) is 19.0 Å². The largest absolute Gasteiger partial charge is 0.350 e. The van der Waals surface area contributed by atoms with Gasteiger partial charge in [-0.15, -0.1) is 0 Å². The highest BCUT2D eigenvalue weighted by atomic mass is 16.7. The average Bonchev–Trinajstić information content (AvgIpc) is 2.05. The molecule has 2 saturated heterocycles. The minimum absolute atomic E-state index is 0.171. The van der Waals surface area contributed by atoms with Gasteiger partial charge in [0.25, 0.3) is 0 Å². The van der Waals surface area contributed by atoms with Gasteiger partial charge in [-0.05, 0) is 25.2 Å². The molecule has 2 fully saturated rings. The van der Waals surface area contributed by atoms with Crippen molar-refractivity contribution in [3.63, 3.8) is 0 Å². The fraction of sp³-hybridized carbons (Fsp3) is 1.00. The first-order valence-electron chi connectivity index (χ1n) is 5.09. The van der Waals surface area contributed by atoms with Crippen molar-refractivity contribution in [2.45, 2.75) is 44.8 Å². The number of ether oxygens (including phenoxy) is 2. The first kappa shape index (κ1) is 8.52. The van der Waals surface area contributed by atoms with Gasteiger partial charge in [0.15, 0.2) is 5.79 Å². The molecule has 0 radical (unpaired) electrons. The summed E-state index contributed by atoms with van der Waals surface area (Å²) in [7, 11) is 0. The Morgan fingerprint density at radius 3 is 2.67 bits per heavy atom. The van der Waals surface area contributed by atoms with Gasteiger partial charge < -0.3 is 9.47 Å². The van der Waals surface area contributed by atoms with Gasteiger partial charge in [-0.25, -0.2) is 0 Å². The molecule has 0 amide bonds. The van der Waals surface area contributed by atoms with Gasteiger partial charge in [-0.3, -0.25) is 0 Å². The fourth-order valence-corrected chi connectivity index (χ4v) is 2.24. The summed E-state index contributed by atoms with van der Waals surface area (Å²) in [5, 5.41) is 0. The highest BCUT2D eigenvalue weighted by molar-refractivity contribution is 4.79. The van der Waals surface area contributed by atoms with Crippen molar-refractivity contribution in [1.29, 1.82) is 0 Å². The van der Waals surface area contributed by atoms with E-state index in [1.807, 2.05) is 0 Å². The van der Waals surface area contributed by atoms with Crippen LogP contribution in [0.1, 0.15) is 39.0 Å². The van der Waals surface area contributed by atoms with Gasteiger partial charge in [0.05, 0.1) is 13.2 Å². The molecular formula is C10H18O2. The number of hydrogen-bond acceptors (Lipinski definition) is 2. The van der Waals surface area contributed by atoms with Crippen molar-refractivity contribution >= 4 is 0 Å². The number of hydrogen-bond donors (Lipinski definition) is 0. The van der Waals surface area contributed by atoms with E-state index < -0.39 is 0 Å². The molecule has 2 nitrogen and oxygen atoms in total. The predicted molar refractivity (Wildman–Crippen MR) is 46.9 cm³/mol. The third-order valence-electron chi connectivity index (χ3n) is 2.95. The molecule has 0 bridgehead atoms. The maximum absolute atomic E-state index is 5.75. The smallest absolute Gasteiger partial charge is 0.168 e. The van der Waals surface area contributed by atoms with Gasteiger partial charge in [0.1, 0.15) is 0 Å². The van der Waals surface area contributed by atoms with Crippen molar-refractivity contribution in [3.05, 3.63) is 0 Å². The lowest BCUT2D eigenvalue weighted by Crippen LogP contribution is -2.44. The van der Waals surface area contributed by atoms with Crippen molar-refractivity contribution in [3.8, 4) is 0 Å². The SMILES string of the molecule is C[C@H]1CCO[C@@]2(CCCCO2)C1. The van der Waals surface area contributed by atoms with E-state index in [0.29, 0.717) is 0 Å². The van der Waals surface area contributed by atoms with E-state index in [4.69, 9.17) is 9.47 Å². The zero-order chi connectivity index (χ0) is 8.44. The van der Waals surface area contributed by atoms with Crippen LogP contribution in [-0.2, 0) is 9.47 Å².